The molecule has 0 amide bonds. The maximum Gasteiger partial charge on any atom is 0.310 e. The van der Waals surface area contributed by atoms with Gasteiger partial charge in [0.25, 0.3) is 0 Å². The van der Waals surface area contributed by atoms with E-state index in [1.807, 2.05) is 0 Å². The van der Waals surface area contributed by atoms with Crippen molar-refractivity contribution in [3.8, 4) is 0 Å². The van der Waals surface area contributed by atoms with Crippen LogP contribution in [-0.2, 0) is 0 Å². The van der Waals surface area contributed by atoms with Gasteiger partial charge < -0.3 is 10.2 Å². The summed E-state index contributed by atoms with van der Waals surface area (Å²) < 4.78 is 0. The fourth-order valence-corrected chi connectivity index (χ4v) is 2.32. The van der Waals surface area contributed by atoms with Crippen LogP contribution in [0.3, 0.4) is 0 Å². The summed E-state index contributed by atoms with van der Waals surface area (Å²) in [5, 5.41) is 14.1. The van der Waals surface area contributed by atoms with Gasteiger partial charge in [0.2, 0.25) is 0 Å². The Hall–Kier alpha value is -1.69. The Balaban J connectivity index is 2.01. The number of rotatable bonds is 4. The summed E-state index contributed by atoms with van der Waals surface area (Å²) in [4.78, 5) is 16.6. The number of nitro groups is 1. The molecule has 6 nitrogen and oxygen atoms in total. The van der Waals surface area contributed by atoms with Crippen LogP contribution in [0.15, 0.2) is 18.5 Å². The molecule has 1 saturated heterocycles. The highest BCUT2D eigenvalue weighted by molar-refractivity contribution is 5.59. The number of piperidine rings is 1. The summed E-state index contributed by atoms with van der Waals surface area (Å²) in [6, 6.07) is 1.66. The molecule has 1 aliphatic heterocycles. The van der Waals surface area contributed by atoms with Crippen molar-refractivity contribution in [2.75, 3.05) is 32.0 Å². The fraction of sp³-hybridized carbons (Fsp3) is 0.615. The first-order chi connectivity index (χ1) is 9.00. The van der Waals surface area contributed by atoms with Crippen molar-refractivity contribution in [3.63, 3.8) is 0 Å². The second kappa shape index (κ2) is 5.52. The van der Waals surface area contributed by atoms with E-state index in [1.54, 1.807) is 12.3 Å². The lowest BCUT2D eigenvalue weighted by atomic mass is 9.80. The van der Waals surface area contributed by atoms with Crippen LogP contribution < -0.4 is 5.32 Å². The highest BCUT2D eigenvalue weighted by atomic mass is 16.6. The first-order valence-corrected chi connectivity index (χ1v) is 6.51. The van der Waals surface area contributed by atoms with Crippen LogP contribution >= 0.6 is 0 Å². The van der Waals surface area contributed by atoms with E-state index in [1.165, 1.54) is 6.20 Å². The molecule has 1 aromatic rings. The molecule has 0 unspecified atom stereocenters. The summed E-state index contributed by atoms with van der Waals surface area (Å²) in [5.41, 5.74) is 0.795. The van der Waals surface area contributed by atoms with Crippen LogP contribution in [0.4, 0.5) is 11.4 Å². The molecule has 6 heteroatoms. The summed E-state index contributed by atoms with van der Waals surface area (Å²) in [5.74, 6) is 0. The Bertz CT molecular complexity index is 456. The van der Waals surface area contributed by atoms with Gasteiger partial charge in [-0.15, -0.1) is 0 Å². The molecule has 2 rings (SSSR count). The van der Waals surface area contributed by atoms with Gasteiger partial charge in [-0.05, 0) is 44.5 Å². The van der Waals surface area contributed by atoms with E-state index < -0.39 is 4.92 Å². The average Bonchev–Trinajstić information content (AvgIpc) is 2.41. The molecule has 0 bridgehead atoms. The number of aromatic nitrogens is 1. The van der Waals surface area contributed by atoms with Crippen LogP contribution in [0.25, 0.3) is 0 Å². The zero-order valence-corrected chi connectivity index (χ0v) is 11.4. The Labute approximate surface area is 113 Å². The lowest BCUT2D eigenvalue weighted by Gasteiger charge is -2.38. The van der Waals surface area contributed by atoms with Gasteiger partial charge in [0.05, 0.1) is 4.92 Å². The molecule has 19 heavy (non-hydrogen) atoms. The van der Waals surface area contributed by atoms with E-state index in [0.717, 1.165) is 32.5 Å². The minimum atomic E-state index is -0.397. The summed E-state index contributed by atoms with van der Waals surface area (Å²) in [6.07, 6.45) is 5.08. The van der Waals surface area contributed by atoms with Gasteiger partial charge in [0.15, 0.2) is 0 Å². The van der Waals surface area contributed by atoms with Crippen molar-refractivity contribution in [1.82, 2.24) is 9.88 Å². The minimum absolute atomic E-state index is 0.0408. The predicted molar refractivity (Wildman–Crippen MR) is 74.2 cm³/mol. The van der Waals surface area contributed by atoms with Crippen molar-refractivity contribution in [1.29, 1.82) is 0 Å². The first-order valence-electron chi connectivity index (χ1n) is 6.51. The molecule has 1 aromatic heterocycles. The molecule has 1 fully saturated rings. The van der Waals surface area contributed by atoms with Crippen molar-refractivity contribution in [2.45, 2.75) is 19.8 Å². The molecule has 0 atom stereocenters. The minimum Gasteiger partial charge on any atom is -0.379 e. The Morgan fingerprint density at radius 1 is 1.53 bits per heavy atom. The number of anilines is 1. The fourth-order valence-electron chi connectivity index (χ4n) is 2.32. The van der Waals surface area contributed by atoms with Gasteiger partial charge in [0.1, 0.15) is 11.9 Å². The molecule has 104 valence electrons. The summed E-state index contributed by atoms with van der Waals surface area (Å²) >= 11 is 0. The van der Waals surface area contributed by atoms with Gasteiger partial charge in [-0.1, -0.05) is 6.92 Å². The zero-order chi connectivity index (χ0) is 13.9. The van der Waals surface area contributed by atoms with Crippen LogP contribution in [0.1, 0.15) is 19.8 Å². The molecule has 0 aliphatic carbocycles. The maximum absolute atomic E-state index is 10.9. The second-order valence-electron chi connectivity index (χ2n) is 5.62. The average molecular weight is 264 g/mol. The highest BCUT2D eigenvalue weighted by Gasteiger charge is 2.29. The van der Waals surface area contributed by atoms with Gasteiger partial charge in [0, 0.05) is 12.7 Å². The zero-order valence-electron chi connectivity index (χ0n) is 11.4. The van der Waals surface area contributed by atoms with Crippen molar-refractivity contribution >= 4 is 11.4 Å². The van der Waals surface area contributed by atoms with Crippen LogP contribution in [0.2, 0.25) is 0 Å². The molecule has 0 saturated carbocycles. The standard InChI is InChI=1S/C13H20N4O2/c1-13(4-7-16(2)8-5-13)10-15-11-3-6-14-9-12(11)17(18)19/h3,6,9H,4-5,7-8,10H2,1-2H3,(H,14,15). The Morgan fingerprint density at radius 2 is 2.21 bits per heavy atom. The topological polar surface area (TPSA) is 71.3 Å². The van der Waals surface area contributed by atoms with Crippen LogP contribution in [-0.4, -0.2) is 41.5 Å². The molecular formula is C13H20N4O2. The van der Waals surface area contributed by atoms with Crippen molar-refractivity contribution in [2.24, 2.45) is 5.41 Å². The number of nitrogens with zero attached hydrogens (tertiary/aromatic N) is 3. The third kappa shape index (κ3) is 3.41. The van der Waals surface area contributed by atoms with Gasteiger partial charge >= 0.3 is 5.69 Å². The Morgan fingerprint density at radius 3 is 2.84 bits per heavy atom. The first kappa shape index (κ1) is 13.7. The van der Waals surface area contributed by atoms with Gasteiger partial charge in [-0.25, -0.2) is 0 Å². The summed E-state index contributed by atoms with van der Waals surface area (Å²) in [6.45, 7) is 5.15. The van der Waals surface area contributed by atoms with Crippen molar-refractivity contribution < 1.29 is 4.92 Å². The SMILES string of the molecule is CN1CCC(C)(CNc2ccncc2[N+](=O)[O-])CC1. The Kier molecular flexibility index (Phi) is 3.99. The third-order valence-electron chi connectivity index (χ3n) is 3.90. The lowest BCUT2D eigenvalue weighted by Crippen LogP contribution is -2.40. The molecule has 1 N–H and O–H groups in total. The molecule has 1 aliphatic rings. The highest BCUT2D eigenvalue weighted by Crippen LogP contribution is 2.32. The van der Waals surface area contributed by atoms with E-state index in [-0.39, 0.29) is 11.1 Å². The smallest absolute Gasteiger partial charge is 0.310 e. The van der Waals surface area contributed by atoms with Crippen molar-refractivity contribution in [3.05, 3.63) is 28.6 Å². The number of nitrogens with one attached hydrogen (secondary N) is 1. The van der Waals surface area contributed by atoms with Gasteiger partial charge in [-0.2, -0.15) is 0 Å². The number of hydrogen-bond acceptors (Lipinski definition) is 5. The molecular weight excluding hydrogens is 244 g/mol. The molecule has 0 radical (unpaired) electrons. The molecule has 2 heterocycles. The van der Waals surface area contributed by atoms with Crippen LogP contribution in [0, 0.1) is 15.5 Å². The number of hydrogen-bond donors (Lipinski definition) is 1. The second-order valence-corrected chi connectivity index (χ2v) is 5.62. The van der Waals surface area contributed by atoms with E-state index in [4.69, 9.17) is 0 Å². The van der Waals surface area contributed by atoms with E-state index >= 15 is 0 Å². The molecule has 0 aromatic carbocycles. The summed E-state index contributed by atoms with van der Waals surface area (Å²) in [7, 11) is 2.13. The largest absolute Gasteiger partial charge is 0.379 e. The van der Waals surface area contributed by atoms with Crippen LogP contribution in [0.5, 0.6) is 0 Å². The van der Waals surface area contributed by atoms with E-state index in [9.17, 15) is 10.1 Å². The lowest BCUT2D eigenvalue weighted by molar-refractivity contribution is -0.384. The van der Waals surface area contributed by atoms with E-state index in [0.29, 0.717) is 5.69 Å². The quantitative estimate of drug-likeness (QED) is 0.666. The third-order valence-corrected chi connectivity index (χ3v) is 3.90. The number of likely N-dealkylation sites (tertiary alicyclic amines) is 1. The maximum atomic E-state index is 10.9. The predicted octanol–water partition coefficient (Wildman–Crippen LogP) is 2.13. The van der Waals surface area contributed by atoms with E-state index in [2.05, 4.69) is 29.2 Å². The number of pyridine rings is 1. The molecule has 0 spiro atoms. The van der Waals surface area contributed by atoms with Gasteiger partial charge in [-0.3, -0.25) is 15.1 Å². The normalized spacial score (nSPS) is 19.1. The monoisotopic (exact) mass is 264 g/mol.